The Kier molecular flexibility index (Phi) is 7.45. The van der Waals surface area contributed by atoms with Crippen molar-refractivity contribution >= 4 is 11.4 Å². The number of rotatable bonds is 6. The summed E-state index contributed by atoms with van der Waals surface area (Å²) in [6.07, 6.45) is 0. The van der Waals surface area contributed by atoms with Crippen LogP contribution in [0.5, 0.6) is 23.0 Å². The summed E-state index contributed by atoms with van der Waals surface area (Å²) in [6.45, 7) is 0. The molecule has 0 spiro atoms. The van der Waals surface area contributed by atoms with Gasteiger partial charge in [-0.2, -0.15) is 8.78 Å². The largest absolute Gasteiger partial charge is 0.490 e. The number of halogens is 12. The molecule has 0 aliphatic carbocycles. The number of hydrogen-bond donors (Lipinski definition) is 0. The van der Waals surface area contributed by atoms with Gasteiger partial charge in [-0.05, 0) is 0 Å². The van der Waals surface area contributed by atoms with Crippen molar-refractivity contribution in [1.29, 1.82) is 0 Å². The van der Waals surface area contributed by atoms with Crippen molar-refractivity contribution in [3.8, 4) is 23.0 Å². The summed E-state index contributed by atoms with van der Waals surface area (Å²) in [4.78, 5) is 0. The lowest BCUT2D eigenvalue weighted by Crippen LogP contribution is -2.07. The second kappa shape index (κ2) is 10.1. The first-order valence-corrected chi connectivity index (χ1v) is 9.05. The van der Waals surface area contributed by atoms with Gasteiger partial charge in [0, 0.05) is 0 Å². The summed E-state index contributed by atoms with van der Waals surface area (Å²) in [5, 5.41) is 5.38. The van der Waals surface area contributed by atoms with Crippen molar-refractivity contribution < 1.29 is 66.9 Å². The Bertz CT molecular complexity index is 1370. The Morgan fingerprint density at radius 3 is 1.00 bits per heavy atom. The molecule has 0 aliphatic rings. The summed E-state index contributed by atoms with van der Waals surface area (Å²) in [5.41, 5.74) is -3.64. The molecule has 5 nitrogen and oxygen atoms in total. The third kappa shape index (κ3) is 4.33. The lowest BCUT2D eigenvalue weighted by atomic mass is 10.2. The van der Waals surface area contributed by atoms with E-state index in [-0.39, 0.29) is 0 Å². The maximum atomic E-state index is 14.9. The molecule has 0 amide bonds. The molecule has 0 unspecified atom stereocenters. The van der Waals surface area contributed by atoms with Crippen LogP contribution in [-0.4, -0.2) is 14.2 Å². The Balaban J connectivity index is 2.25. The van der Waals surface area contributed by atoms with E-state index in [2.05, 4.69) is 24.4 Å². The fraction of sp³-hybridized carbons (Fsp3) is 0.100. The highest BCUT2D eigenvalue weighted by atomic mass is 19.2. The highest BCUT2D eigenvalue weighted by Gasteiger charge is 2.33. The highest BCUT2D eigenvalue weighted by molar-refractivity contribution is 5.64. The van der Waals surface area contributed by atoms with E-state index in [1.807, 2.05) is 0 Å². The van der Waals surface area contributed by atoms with Crippen LogP contribution in [0.15, 0.2) is 10.2 Å². The first-order valence-electron chi connectivity index (χ1n) is 9.05. The molecule has 0 atom stereocenters. The first-order chi connectivity index (χ1) is 17.3. The molecule has 3 aromatic carbocycles. The number of nitrogens with zero attached hydrogens (tertiary/aromatic N) is 2. The van der Waals surface area contributed by atoms with Crippen molar-refractivity contribution in [3.63, 3.8) is 0 Å². The summed E-state index contributed by atoms with van der Waals surface area (Å²) < 4.78 is 179. The molecule has 3 aromatic rings. The molecule has 0 bridgehead atoms. The van der Waals surface area contributed by atoms with E-state index in [9.17, 15) is 52.7 Å². The third-order valence-electron chi connectivity index (χ3n) is 4.45. The Morgan fingerprint density at radius 1 is 0.351 bits per heavy atom. The van der Waals surface area contributed by atoms with Crippen molar-refractivity contribution in [2.24, 2.45) is 10.2 Å². The minimum Gasteiger partial charge on any atom is -0.490 e. The van der Waals surface area contributed by atoms with Gasteiger partial charge in [0.2, 0.25) is 57.9 Å². The molecule has 0 heterocycles. The van der Waals surface area contributed by atoms with E-state index in [4.69, 9.17) is 0 Å². The fourth-order valence-electron chi connectivity index (χ4n) is 2.72. The summed E-state index contributed by atoms with van der Waals surface area (Å²) in [7, 11) is 1.26. The Hall–Kier alpha value is -4.18. The molecular weight excluding hydrogens is 544 g/mol. The predicted octanol–water partition coefficient (Wildman–Crippen LogP) is 7.58. The minimum absolute atomic E-state index is 0.631. The molecule has 37 heavy (non-hydrogen) atoms. The Morgan fingerprint density at radius 2 is 0.649 bits per heavy atom. The van der Waals surface area contributed by atoms with Crippen LogP contribution >= 0.6 is 0 Å². The summed E-state index contributed by atoms with van der Waals surface area (Å²) in [6, 6.07) is 0. The lowest BCUT2D eigenvalue weighted by Gasteiger charge is -2.17. The number of hydrogen-bond acceptors (Lipinski definition) is 5. The van der Waals surface area contributed by atoms with E-state index in [1.165, 1.54) is 0 Å². The van der Waals surface area contributed by atoms with Gasteiger partial charge in [-0.1, -0.05) is 0 Å². The maximum absolute atomic E-state index is 14.9. The Labute approximate surface area is 196 Å². The SMILES string of the molecule is COc1c(F)c(N=Nc2c(F)c(F)c(F)c(F)c2F)c(F)c(OC)c1Oc1c(F)c(F)c(F)c(F)c1F. The maximum Gasteiger partial charge on any atom is 0.217 e. The van der Waals surface area contributed by atoms with Gasteiger partial charge in [-0.3, -0.25) is 0 Å². The van der Waals surface area contributed by atoms with Crippen molar-refractivity contribution in [2.75, 3.05) is 14.2 Å². The van der Waals surface area contributed by atoms with E-state index < -0.39 is 104 Å². The molecule has 198 valence electrons. The van der Waals surface area contributed by atoms with Gasteiger partial charge in [0.25, 0.3) is 0 Å². The first kappa shape index (κ1) is 27.4. The normalized spacial score (nSPS) is 11.4. The molecule has 0 N–H and O–H groups in total. The van der Waals surface area contributed by atoms with Gasteiger partial charge in [0.05, 0.1) is 14.2 Å². The topological polar surface area (TPSA) is 52.4 Å². The second-order valence-corrected chi connectivity index (χ2v) is 6.49. The van der Waals surface area contributed by atoms with E-state index >= 15 is 0 Å². The zero-order chi connectivity index (χ0) is 27.9. The van der Waals surface area contributed by atoms with Crippen molar-refractivity contribution in [1.82, 2.24) is 0 Å². The van der Waals surface area contributed by atoms with Crippen LogP contribution in [0.2, 0.25) is 0 Å². The summed E-state index contributed by atoms with van der Waals surface area (Å²) in [5.74, 6) is -35.5. The van der Waals surface area contributed by atoms with Gasteiger partial charge < -0.3 is 14.2 Å². The molecule has 0 aromatic heterocycles. The smallest absolute Gasteiger partial charge is 0.217 e. The molecule has 17 heteroatoms. The molecule has 0 saturated heterocycles. The van der Waals surface area contributed by atoms with Gasteiger partial charge in [-0.15, -0.1) is 10.2 Å². The number of ether oxygens (including phenoxy) is 3. The van der Waals surface area contributed by atoms with Crippen LogP contribution in [0.3, 0.4) is 0 Å². The van der Waals surface area contributed by atoms with Crippen LogP contribution in [-0.2, 0) is 0 Å². The third-order valence-corrected chi connectivity index (χ3v) is 4.45. The number of methoxy groups -OCH3 is 2. The lowest BCUT2D eigenvalue weighted by molar-refractivity contribution is 0.293. The molecule has 0 aliphatic heterocycles. The zero-order valence-electron chi connectivity index (χ0n) is 17.7. The van der Waals surface area contributed by atoms with Crippen LogP contribution in [0.1, 0.15) is 0 Å². The zero-order valence-corrected chi connectivity index (χ0v) is 17.7. The van der Waals surface area contributed by atoms with Gasteiger partial charge in [0.1, 0.15) is 0 Å². The van der Waals surface area contributed by atoms with Crippen LogP contribution in [0.25, 0.3) is 0 Å². The van der Waals surface area contributed by atoms with Gasteiger partial charge in [0.15, 0.2) is 46.3 Å². The van der Waals surface area contributed by atoms with Crippen molar-refractivity contribution in [2.45, 2.75) is 0 Å². The predicted molar refractivity (Wildman–Crippen MR) is 96.2 cm³/mol. The highest BCUT2D eigenvalue weighted by Crippen LogP contribution is 2.50. The van der Waals surface area contributed by atoms with Gasteiger partial charge >= 0.3 is 0 Å². The minimum atomic E-state index is -2.58. The average molecular weight is 550 g/mol. The quantitative estimate of drug-likeness (QED) is 0.138. The fourth-order valence-corrected chi connectivity index (χ4v) is 2.72. The van der Waals surface area contributed by atoms with Crippen LogP contribution < -0.4 is 14.2 Å². The van der Waals surface area contributed by atoms with Crippen LogP contribution in [0.4, 0.5) is 64.1 Å². The average Bonchev–Trinajstić information content (AvgIpc) is 2.88. The molecule has 0 saturated carbocycles. The van der Waals surface area contributed by atoms with Crippen LogP contribution in [0, 0.1) is 69.8 Å². The number of azo groups is 1. The summed E-state index contributed by atoms with van der Waals surface area (Å²) >= 11 is 0. The molecule has 0 radical (unpaired) electrons. The van der Waals surface area contributed by atoms with Crippen molar-refractivity contribution in [3.05, 3.63) is 69.8 Å². The molecular formula is C20H6F12N2O3. The van der Waals surface area contributed by atoms with E-state index in [1.54, 1.807) is 0 Å². The van der Waals surface area contributed by atoms with Gasteiger partial charge in [-0.25, -0.2) is 43.9 Å². The molecule has 3 rings (SSSR count). The second-order valence-electron chi connectivity index (χ2n) is 6.49. The van der Waals surface area contributed by atoms with E-state index in [0.717, 1.165) is 0 Å². The standard InChI is InChI=1S/C20H6F12N2O3/c1-35-18-13(31)16(34-33-15-9(27)5(23)3(21)6(24)10(15)28)14(32)19(36-2)20(18)37-17-11(29)7(25)4(22)8(26)12(17)30/h1-2H3. The molecule has 0 fully saturated rings. The van der Waals surface area contributed by atoms with E-state index in [0.29, 0.717) is 14.2 Å². The number of benzene rings is 3. The monoisotopic (exact) mass is 550 g/mol.